The molecular weight excluding hydrogens is 240 g/mol. The van der Waals surface area contributed by atoms with Crippen LogP contribution in [0.1, 0.15) is 11.1 Å². The van der Waals surface area contributed by atoms with Crippen LogP contribution in [0.2, 0.25) is 0 Å². The molecule has 0 bridgehead atoms. The molecule has 0 aliphatic rings. The minimum Gasteiger partial charge on any atom is -0.298 e. The summed E-state index contributed by atoms with van der Waals surface area (Å²) in [6.07, 6.45) is 0.528. The Kier molecular flexibility index (Phi) is 4.59. The highest BCUT2D eigenvalue weighted by Crippen LogP contribution is 2.22. The Hall–Kier alpha value is -1.54. The van der Waals surface area contributed by atoms with Crippen LogP contribution < -0.4 is 0 Å². The third-order valence-electron chi connectivity index (χ3n) is 2.73. The fraction of sp³-hybridized carbons (Fsp3) is 0.188. The maximum atomic E-state index is 11.9. The lowest BCUT2D eigenvalue weighted by molar-refractivity contribution is -0.116. The van der Waals surface area contributed by atoms with E-state index in [1.807, 2.05) is 42.5 Å². The van der Waals surface area contributed by atoms with Crippen molar-refractivity contribution in [2.45, 2.75) is 18.2 Å². The van der Waals surface area contributed by atoms with Gasteiger partial charge in [-0.2, -0.15) is 0 Å². The molecular formula is C16H16OS. The van der Waals surface area contributed by atoms with E-state index in [1.165, 1.54) is 10.5 Å². The Morgan fingerprint density at radius 1 is 1.00 bits per heavy atom. The molecule has 2 aromatic rings. The number of rotatable bonds is 5. The van der Waals surface area contributed by atoms with Gasteiger partial charge in [0, 0.05) is 11.3 Å². The van der Waals surface area contributed by atoms with Crippen molar-refractivity contribution in [1.29, 1.82) is 0 Å². The number of carbonyl (C=O) groups excluding carboxylic acids is 1. The van der Waals surface area contributed by atoms with E-state index in [1.54, 1.807) is 11.8 Å². The van der Waals surface area contributed by atoms with Crippen LogP contribution in [0, 0.1) is 6.92 Å². The Balaban J connectivity index is 1.88. The quantitative estimate of drug-likeness (QED) is 0.755. The molecule has 0 saturated heterocycles. The van der Waals surface area contributed by atoms with Gasteiger partial charge in [0.2, 0.25) is 0 Å². The summed E-state index contributed by atoms with van der Waals surface area (Å²) in [5, 5.41) is 0. The van der Waals surface area contributed by atoms with Crippen LogP contribution >= 0.6 is 11.8 Å². The predicted molar refractivity (Wildman–Crippen MR) is 77.1 cm³/mol. The maximum absolute atomic E-state index is 11.9. The zero-order valence-electron chi connectivity index (χ0n) is 10.4. The maximum Gasteiger partial charge on any atom is 0.147 e. The first-order valence-corrected chi connectivity index (χ1v) is 6.98. The molecule has 0 N–H and O–H groups in total. The number of thioether (sulfide) groups is 1. The molecule has 0 heterocycles. The molecule has 0 saturated carbocycles. The number of hydrogen-bond donors (Lipinski definition) is 0. The van der Waals surface area contributed by atoms with Gasteiger partial charge in [0.05, 0.1) is 5.75 Å². The molecule has 0 amide bonds. The van der Waals surface area contributed by atoms with Crippen molar-refractivity contribution in [3.05, 3.63) is 65.7 Å². The molecule has 0 unspecified atom stereocenters. The average molecular weight is 256 g/mol. The van der Waals surface area contributed by atoms with Gasteiger partial charge in [-0.05, 0) is 24.1 Å². The molecule has 2 heteroatoms. The highest BCUT2D eigenvalue weighted by Gasteiger charge is 2.05. The Bertz CT molecular complexity index is 520. The highest BCUT2D eigenvalue weighted by atomic mass is 32.2. The first-order valence-electron chi connectivity index (χ1n) is 6.00. The van der Waals surface area contributed by atoms with Gasteiger partial charge in [-0.15, -0.1) is 11.8 Å². The fourth-order valence-electron chi connectivity index (χ4n) is 1.75. The molecule has 0 fully saturated rings. The second kappa shape index (κ2) is 6.41. The summed E-state index contributed by atoms with van der Waals surface area (Å²) in [4.78, 5) is 13.1. The summed E-state index contributed by atoms with van der Waals surface area (Å²) in [5.74, 6) is 0.814. The molecule has 0 aliphatic heterocycles. The van der Waals surface area contributed by atoms with Gasteiger partial charge in [0.1, 0.15) is 5.78 Å². The summed E-state index contributed by atoms with van der Waals surface area (Å²) in [6, 6.07) is 18.1. The number of carbonyl (C=O) groups is 1. The lowest BCUT2D eigenvalue weighted by Crippen LogP contribution is -2.05. The standard InChI is InChI=1S/C16H16OS/c1-13-7-5-6-10-16(13)18-12-15(17)11-14-8-3-2-4-9-14/h2-10H,11-12H2,1H3. The monoisotopic (exact) mass is 256 g/mol. The zero-order chi connectivity index (χ0) is 12.8. The average Bonchev–Trinajstić information content (AvgIpc) is 2.39. The van der Waals surface area contributed by atoms with Crippen molar-refractivity contribution in [3.63, 3.8) is 0 Å². The summed E-state index contributed by atoms with van der Waals surface area (Å²) < 4.78 is 0. The molecule has 2 rings (SSSR count). The Labute approximate surface area is 112 Å². The summed E-state index contributed by atoms with van der Waals surface area (Å²) >= 11 is 1.62. The summed E-state index contributed by atoms with van der Waals surface area (Å²) in [7, 11) is 0. The SMILES string of the molecule is Cc1ccccc1SCC(=O)Cc1ccccc1. The zero-order valence-corrected chi connectivity index (χ0v) is 11.2. The van der Waals surface area contributed by atoms with Crippen molar-refractivity contribution < 1.29 is 4.79 Å². The third kappa shape index (κ3) is 3.74. The Morgan fingerprint density at radius 2 is 1.67 bits per heavy atom. The molecule has 92 valence electrons. The molecule has 0 radical (unpaired) electrons. The molecule has 0 aliphatic carbocycles. The summed E-state index contributed by atoms with van der Waals surface area (Å²) in [6.45, 7) is 2.07. The van der Waals surface area contributed by atoms with Crippen molar-refractivity contribution in [1.82, 2.24) is 0 Å². The molecule has 18 heavy (non-hydrogen) atoms. The van der Waals surface area contributed by atoms with E-state index in [4.69, 9.17) is 0 Å². The summed E-state index contributed by atoms with van der Waals surface area (Å²) in [5.41, 5.74) is 2.32. The van der Waals surface area contributed by atoms with Gasteiger partial charge in [-0.3, -0.25) is 4.79 Å². The van der Waals surface area contributed by atoms with Crippen molar-refractivity contribution >= 4 is 17.5 Å². The topological polar surface area (TPSA) is 17.1 Å². The van der Waals surface area contributed by atoms with Gasteiger partial charge in [-0.25, -0.2) is 0 Å². The van der Waals surface area contributed by atoms with E-state index in [-0.39, 0.29) is 5.78 Å². The predicted octanol–water partition coefficient (Wildman–Crippen LogP) is 3.90. The van der Waals surface area contributed by atoms with E-state index in [2.05, 4.69) is 19.1 Å². The van der Waals surface area contributed by atoms with Gasteiger partial charge >= 0.3 is 0 Å². The molecule has 1 nitrogen and oxygen atoms in total. The number of Topliss-reactive ketones (excluding diaryl/α,β-unsaturated/α-hetero) is 1. The van der Waals surface area contributed by atoms with Gasteiger partial charge in [-0.1, -0.05) is 48.5 Å². The van der Waals surface area contributed by atoms with Crippen LogP contribution in [0.15, 0.2) is 59.5 Å². The second-order valence-electron chi connectivity index (χ2n) is 4.26. The van der Waals surface area contributed by atoms with E-state index in [9.17, 15) is 4.79 Å². The molecule has 0 spiro atoms. The van der Waals surface area contributed by atoms with Crippen LogP contribution in [0.5, 0.6) is 0 Å². The van der Waals surface area contributed by atoms with Gasteiger partial charge in [0.15, 0.2) is 0 Å². The van der Waals surface area contributed by atoms with Gasteiger partial charge < -0.3 is 0 Å². The van der Waals surface area contributed by atoms with Gasteiger partial charge in [0.25, 0.3) is 0 Å². The number of aryl methyl sites for hydroxylation is 1. The van der Waals surface area contributed by atoms with Crippen molar-refractivity contribution in [2.75, 3.05) is 5.75 Å². The molecule has 0 atom stereocenters. The second-order valence-corrected chi connectivity index (χ2v) is 5.27. The number of ketones is 1. The van der Waals surface area contributed by atoms with Crippen LogP contribution in [0.4, 0.5) is 0 Å². The lowest BCUT2D eigenvalue weighted by atomic mass is 10.1. The van der Waals surface area contributed by atoms with Crippen LogP contribution in [-0.2, 0) is 11.2 Å². The van der Waals surface area contributed by atoms with Crippen LogP contribution in [-0.4, -0.2) is 11.5 Å². The van der Waals surface area contributed by atoms with E-state index in [0.717, 1.165) is 5.56 Å². The van der Waals surface area contributed by atoms with E-state index in [0.29, 0.717) is 12.2 Å². The van der Waals surface area contributed by atoms with Crippen molar-refractivity contribution in [3.8, 4) is 0 Å². The smallest absolute Gasteiger partial charge is 0.147 e. The first kappa shape index (κ1) is 12.9. The van der Waals surface area contributed by atoms with Crippen LogP contribution in [0.25, 0.3) is 0 Å². The van der Waals surface area contributed by atoms with E-state index < -0.39 is 0 Å². The number of hydrogen-bond acceptors (Lipinski definition) is 2. The minimum absolute atomic E-state index is 0.273. The van der Waals surface area contributed by atoms with Crippen LogP contribution in [0.3, 0.4) is 0 Å². The number of benzene rings is 2. The van der Waals surface area contributed by atoms with E-state index >= 15 is 0 Å². The lowest BCUT2D eigenvalue weighted by Gasteiger charge is -2.04. The third-order valence-corrected chi connectivity index (χ3v) is 3.96. The highest BCUT2D eigenvalue weighted by molar-refractivity contribution is 8.00. The molecule has 2 aromatic carbocycles. The fourth-order valence-corrected chi connectivity index (χ4v) is 2.64. The minimum atomic E-state index is 0.273. The normalized spacial score (nSPS) is 10.3. The van der Waals surface area contributed by atoms with Crippen molar-refractivity contribution in [2.24, 2.45) is 0 Å². The largest absolute Gasteiger partial charge is 0.298 e. The Morgan fingerprint density at radius 3 is 2.39 bits per heavy atom. The molecule has 0 aromatic heterocycles. The first-order chi connectivity index (χ1) is 8.75.